The lowest BCUT2D eigenvalue weighted by Gasteiger charge is -2.47. The molecule has 12 N–H and O–H groups in total. The minimum absolute atomic E-state index is 0.0883. The van der Waals surface area contributed by atoms with Gasteiger partial charge in [-0.05, 0) is 52.6 Å². The van der Waals surface area contributed by atoms with Crippen molar-refractivity contribution in [3.05, 3.63) is 120 Å². The minimum atomic E-state index is -4.93. The van der Waals surface area contributed by atoms with E-state index in [2.05, 4.69) is 0 Å². The van der Waals surface area contributed by atoms with Crippen molar-refractivity contribution in [3.8, 4) is 16.9 Å². The Labute approximate surface area is 407 Å². The highest BCUT2D eigenvalue weighted by atomic mass is 32.2. The van der Waals surface area contributed by atoms with Crippen LogP contribution in [-0.2, 0) is 43.2 Å². The van der Waals surface area contributed by atoms with Crippen LogP contribution in [0.1, 0.15) is 34.9 Å². The normalized spacial score (nSPS) is 34.5. The predicted octanol–water partition coefficient (Wildman–Crippen LogP) is -2.20. The molecule has 0 saturated carbocycles. The molecule has 8 rings (SSSR count). The van der Waals surface area contributed by atoms with E-state index in [1.807, 2.05) is 0 Å². The summed E-state index contributed by atoms with van der Waals surface area (Å²) in [6.45, 7) is -0.679. The van der Waals surface area contributed by atoms with Gasteiger partial charge in [-0.15, -0.1) is 0 Å². The first-order valence-electron chi connectivity index (χ1n) is 22.2. The summed E-state index contributed by atoms with van der Waals surface area (Å²) >= 11 is 0. The molecule has 4 fully saturated rings. The van der Waals surface area contributed by atoms with Crippen molar-refractivity contribution in [2.75, 3.05) is 17.3 Å². The number of aliphatic hydroxyl groups excluding tert-OH is 10. The highest BCUT2D eigenvalue weighted by Gasteiger charge is 2.58. The van der Waals surface area contributed by atoms with Gasteiger partial charge >= 0.3 is 11.9 Å². The fraction of sp³-hybridized carbons (Fsp3) is 0.426. The minimum Gasteiger partial charge on any atom is -0.479 e. The van der Waals surface area contributed by atoms with Gasteiger partial charge < -0.3 is 89.9 Å². The van der Waals surface area contributed by atoms with E-state index in [1.165, 1.54) is 54.6 Å². The number of halogens is 1. The van der Waals surface area contributed by atoms with Gasteiger partial charge in [-0.1, -0.05) is 66.7 Å². The number of carbonyl (C=O) groups is 3. The number of hydrogen-bond acceptors (Lipinski definition) is 20. The second-order valence-electron chi connectivity index (χ2n) is 17.6. The lowest BCUT2D eigenvalue weighted by Crippen LogP contribution is -2.63. The number of carboxylic acid groups (broad SMARTS) is 2. The highest BCUT2D eigenvalue weighted by molar-refractivity contribution is 7.93. The predicted molar refractivity (Wildman–Crippen MR) is 238 cm³/mol. The lowest BCUT2D eigenvalue weighted by molar-refractivity contribution is -0.303. The Morgan fingerprint density at radius 1 is 0.653 bits per heavy atom. The van der Waals surface area contributed by atoms with Gasteiger partial charge in [0.15, 0.2) is 33.6 Å². The molecule has 0 aliphatic carbocycles. The van der Waals surface area contributed by atoms with Crippen LogP contribution in [0.5, 0.6) is 5.75 Å². The molecule has 18 atom stereocenters. The van der Waals surface area contributed by atoms with Crippen molar-refractivity contribution < 1.29 is 112 Å². The molecule has 388 valence electrons. The molecule has 4 aliphatic rings. The van der Waals surface area contributed by atoms with Crippen LogP contribution >= 0.6 is 0 Å². The van der Waals surface area contributed by atoms with Crippen molar-refractivity contribution in [2.24, 2.45) is 0 Å². The number of ether oxygens (including phenoxy) is 5. The topological polar surface area (TPSA) is 378 Å². The van der Waals surface area contributed by atoms with E-state index in [4.69, 9.17) is 23.7 Å². The Bertz CT molecular complexity index is 2700. The number of anilines is 1. The molecule has 6 unspecified atom stereocenters. The summed E-state index contributed by atoms with van der Waals surface area (Å²) in [7, 11) is -4.93. The van der Waals surface area contributed by atoms with E-state index in [0.717, 1.165) is 29.2 Å². The number of hydrogen-bond donors (Lipinski definition) is 12. The fourth-order valence-electron chi connectivity index (χ4n) is 9.10. The van der Waals surface area contributed by atoms with Crippen LogP contribution in [0.3, 0.4) is 0 Å². The van der Waals surface area contributed by atoms with Crippen molar-refractivity contribution in [1.29, 1.82) is 0 Å². The van der Waals surface area contributed by atoms with E-state index in [1.54, 1.807) is 18.2 Å². The summed E-state index contributed by atoms with van der Waals surface area (Å²) in [5, 5.41) is 122. The number of carbonyl (C=O) groups excluding carboxylic acids is 1. The maximum absolute atomic E-state index is 15.0. The summed E-state index contributed by atoms with van der Waals surface area (Å²) in [5.41, 5.74) is 0.907. The number of carboxylic acids is 2. The zero-order chi connectivity index (χ0) is 52.1. The van der Waals surface area contributed by atoms with E-state index in [9.17, 15) is 88.5 Å². The first-order valence-corrected chi connectivity index (χ1v) is 23.9. The maximum atomic E-state index is 15.0. The van der Waals surface area contributed by atoms with Gasteiger partial charge in [-0.2, -0.15) is 0 Å². The van der Waals surface area contributed by atoms with E-state index in [-0.39, 0.29) is 28.1 Å². The number of β-lactam (4-membered cyclic amide) rings is 1. The SMILES string of the molecule is O=C(O)C1O[C@@H](Oc2cc(-c3ccc(C4O[C@H](CO)[C@@H](O)[C@H](O)[C@H]4O)cc3)ccc2[C@@H]2[C@@H](S(=O)(=O)C[C@H](O[C@@H]3OC(C(=O)O)[C@@H](O)[C@H](O)C3O)c3ccc(F)cc3)C(=O)N2c2ccccc2)C(O)[C@@H](O)C1O. The van der Waals surface area contributed by atoms with E-state index in [0.29, 0.717) is 11.1 Å². The first kappa shape index (κ1) is 52.7. The molecular weight excluding hydrogens is 982 g/mol. The van der Waals surface area contributed by atoms with Gasteiger partial charge in [-0.3, -0.25) is 4.79 Å². The number of para-hydroxylation sites is 1. The maximum Gasteiger partial charge on any atom is 0.335 e. The molecule has 4 heterocycles. The average molecular weight is 1030 g/mol. The van der Waals surface area contributed by atoms with E-state index < -0.39 is 155 Å². The molecule has 25 heteroatoms. The largest absolute Gasteiger partial charge is 0.479 e. The molecule has 4 saturated heterocycles. The van der Waals surface area contributed by atoms with Crippen molar-refractivity contribution in [2.45, 2.75) is 109 Å². The third-order valence-corrected chi connectivity index (χ3v) is 15.1. The Morgan fingerprint density at radius 2 is 1.21 bits per heavy atom. The van der Waals surface area contributed by atoms with Crippen LogP contribution in [0.2, 0.25) is 0 Å². The molecule has 4 aromatic rings. The number of amides is 1. The second kappa shape index (κ2) is 21.1. The van der Waals surface area contributed by atoms with Crippen LogP contribution in [0, 0.1) is 5.82 Å². The Balaban J connectivity index is 1.20. The number of rotatable bonds is 15. The molecule has 0 aromatic heterocycles. The van der Waals surface area contributed by atoms with Gasteiger partial charge in [0.25, 0.3) is 0 Å². The highest BCUT2D eigenvalue weighted by Crippen LogP contribution is 2.48. The summed E-state index contributed by atoms with van der Waals surface area (Å²) in [5.74, 6) is -6.84. The summed E-state index contributed by atoms with van der Waals surface area (Å²) in [6, 6.07) is 20.3. The van der Waals surface area contributed by atoms with Crippen LogP contribution in [0.25, 0.3) is 11.1 Å². The number of nitrogens with zero attached hydrogens (tertiary/aromatic N) is 1. The average Bonchev–Trinajstić information content (AvgIpc) is 3.35. The quantitative estimate of drug-likeness (QED) is 0.0562. The lowest BCUT2D eigenvalue weighted by atomic mass is 9.89. The fourth-order valence-corrected chi connectivity index (χ4v) is 11.1. The summed E-state index contributed by atoms with van der Waals surface area (Å²) in [6.07, 6.45) is -30.6. The molecule has 0 spiro atoms. The first-order chi connectivity index (χ1) is 34.1. The third kappa shape index (κ3) is 10.1. The number of sulfone groups is 1. The van der Waals surface area contributed by atoms with Gasteiger partial charge in [-0.25, -0.2) is 22.4 Å². The van der Waals surface area contributed by atoms with Crippen LogP contribution in [0.15, 0.2) is 97.1 Å². The monoisotopic (exact) mass is 1030 g/mol. The van der Waals surface area contributed by atoms with Gasteiger partial charge in [0.2, 0.25) is 12.2 Å². The number of aliphatic hydroxyl groups is 10. The van der Waals surface area contributed by atoms with Gasteiger partial charge in [0, 0.05) is 11.3 Å². The molecule has 0 radical (unpaired) electrons. The third-order valence-electron chi connectivity index (χ3n) is 13.1. The van der Waals surface area contributed by atoms with Gasteiger partial charge in [0.05, 0.1) is 24.5 Å². The van der Waals surface area contributed by atoms with Crippen LogP contribution in [-0.4, -0.2) is 191 Å². The van der Waals surface area contributed by atoms with E-state index >= 15 is 0 Å². The second-order valence-corrected chi connectivity index (χ2v) is 19.8. The van der Waals surface area contributed by atoms with Crippen molar-refractivity contribution in [1.82, 2.24) is 0 Å². The zero-order valence-electron chi connectivity index (χ0n) is 37.2. The smallest absolute Gasteiger partial charge is 0.335 e. The molecule has 1 amide bonds. The number of benzene rings is 4. The summed E-state index contributed by atoms with van der Waals surface area (Å²) in [4.78, 5) is 39.6. The summed E-state index contributed by atoms with van der Waals surface area (Å²) < 4.78 is 72.5. The Morgan fingerprint density at radius 3 is 1.79 bits per heavy atom. The Hall–Kier alpha value is -5.59. The molecule has 72 heavy (non-hydrogen) atoms. The van der Waals surface area contributed by atoms with Crippen LogP contribution in [0.4, 0.5) is 10.1 Å². The van der Waals surface area contributed by atoms with Crippen LogP contribution < -0.4 is 9.64 Å². The van der Waals surface area contributed by atoms with Crippen molar-refractivity contribution in [3.63, 3.8) is 0 Å². The Kier molecular flexibility index (Phi) is 15.4. The van der Waals surface area contributed by atoms with Crippen molar-refractivity contribution >= 4 is 33.4 Å². The molecule has 4 aliphatic heterocycles. The molecular formula is C47H50FNO22S. The molecule has 4 aromatic carbocycles. The molecule has 23 nitrogen and oxygen atoms in total. The van der Waals surface area contributed by atoms with Gasteiger partial charge in [0.1, 0.15) is 78.7 Å². The zero-order valence-corrected chi connectivity index (χ0v) is 38.0. The number of aliphatic carboxylic acids is 2. The molecule has 0 bridgehead atoms. The standard InChI is InChI=1S/C47H50FNO22S/c48-23-13-10-20(11-14-23)28(69-47-38(59)33(54)36(57)41(71-47)45(63)64)18-72(65,66)42-29(49(43(42)60)24-4-2-1-3-5-24)25-15-12-22(16-26(25)68-46-37(58)32(53)35(56)40(70-46)44(61)62)19-6-8-21(9-7-19)39-34(55)31(52)30(51)27(17-50)67-39/h1-16,27-42,46-47,50-59H,17-18H2,(H,61,62)(H,63,64)/t27-,28+,29-,30-,31+,32+,33+,34-,35?,36+,37?,38?,39?,40?,41?,42-,46-,47-/m1/s1.